The van der Waals surface area contributed by atoms with Gasteiger partial charge in [0.2, 0.25) is 11.8 Å². The van der Waals surface area contributed by atoms with Gasteiger partial charge in [0.1, 0.15) is 11.6 Å². The Morgan fingerprint density at radius 1 is 1.19 bits per heavy atom. The van der Waals surface area contributed by atoms with Crippen LogP contribution in [0, 0.1) is 5.92 Å². The van der Waals surface area contributed by atoms with Crippen molar-refractivity contribution in [2.75, 3.05) is 19.8 Å². The van der Waals surface area contributed by atoms with Crippen LogP contribution >= 0.6 is 12.6 Å². The molecule has 2 atom stereocenters. The number of aryl methyl sites for hydroxylation is 1. The summed E-state index contributed by atoms with van der Waals surface area (Å²) in [5, 5.41) is 5.03. The Hall–Kier alpha value is -2.06. The molecule has 1 fully saturated rings. The smallest absolute Gasteiger partial charge is 0.328 e. The zero-order valence-corrected chi connectivity index (χ0v) is 19.5. The topological polar surface area (TPSA) is 93.7 Å². The summed E-state index contributed by atoms with van der Waals surface area (Å²) < 4.78 is 10.5. The molecule has 0 radical (unpaired) electrons. The van der Waals surface area contributed by atoms with Crippen LogP contribution in [0.1, 0.15) is 45.6 Å². The van der Waals surface area contributed by atoms with Gasteiger partial charge in [0.15, 0.2) is 0 Å². The number of nitrogens with one attached hydrogen (secondary N) is 2. The van der Waals surface area contributed by atoms with Gasteiger partial charge < -0.3 is 20.1 Å². The number of thiol groups is 1. The maximum Gasteiger partial charge on any atom is 0.328 e. The number of esters is 1. The summed E-state index contributed by atoms with van der Waals surface area (Å²) in [4.78, 5) is 38.1. The third-order valence-electron chi connectivity index (χ3n) is 5.43. The van der Waals surface area contributed by atoms with Gasteiger partial charge in [0.25, 0.3) is 0 Å². The average molecular weight is 451 g/mol. The molecular formula is C23H34N2O5S. The molecule has 1 aromatic carbocycles. The average Bonchev–Trinajstić information content (AvgIpc) is 2.77. The van der Waals surface area contributed by atoms with Crippen molar-refractivity contribution < 1.29 is 23.9 Å². The van der Waals surface area contributed by atoms with Crippen LogP contribution in [0.4, 0.5) is 0 Å². The van der Waals surface area contributed by atoms with Gasteiger partial charge in [-0.25, -0.2) is 4.79 Å². The van der Waals surface area contributed by atoms with E-state index in [0.717, 1.165) is 18.4 Å². The first-order valence-corrected chi connectivity index (χ1v) is 11.4. The largest absolute Gasteiger partial charge is 0.464 e. The van der Waals surface area contributed by atoms with E-state index in [1.807, 2.05) is 30.3 Å². The molecule has 1 aliphatic heterocycles. The summed E-state index contributed by atoms with van der Waals surface area (Å²) in [6.07, 6.45) is 2.53. The molecule has 0 spiro atoms. The molecule has 1 heterocycles. The highest BCUT2D eigenvalue weighted by atomic mass is 32.1. The van der Waals surface area contributed by atoms with Crippen molar-refractivity contribution in [2.45, 2.75) is 63.3 Å². The van der Waals surface area contributed by atoms with Crippen molar-refractivity contribution in [3.8, 4) is 0 Å². The van der Waals surface area contributed by atoms with Gasteiger partial charge in [-0.05, 0) is 57.9 Å². The van der Waals surface area contributed by atoms with Gasteiger partial charge in [-0.15, -0.1) is 0 Å². The summed E-state index contributed by atoms with van der Waals surface area (Å²) in [7, 11) is 0. The lowest BCUT2D eigenvalue weighted by Crippen LogP contribution is -2.59. The van der Waals surface area contributed by atoms with E-state index in [2.05, 4.69) is 23.3 Å². The minimum Gasteiger partial charge on any atom is -0.464 e. The van der Waals surface area contributed by atoms with Crippen LogP contribution in [0.5, 0.6) is 0 Å². The van der Waals surface area contributed by atoms with E-state index in [0.29, 0.717) is 26.1 Å². The molecule has 2 rings (SSSR count). The van der Waals surface area contributed by atoms with E-state index in [1.54, 1.807) is 20.8 Å². The van der Waals surface area contributed by atoms with Crippen LogP contribution in [0.2, 0.25) is 0 Å². The molecule has 0 bridgehead atoms. The molecule has 7 nitrogen and oxygen atoms in total. The third-order valence-corrected chi connectivity index (χ3v) is 6.08. The van der Waals surface area contributed by atoms with Crippen LogP contribution in [-0.4, -0.2) is 54.4 Å². The van der Waals surface area contributed by atoms with Gasteiger partial charge >= 0.3 is 5.97 Å². The second-order valence-corrected chi connectivity index (χ2v) is 8.87. The Labute approximate surface area is 190 Å². The molecule has 2 unspecified atom stereocenters. The van der Waals surface area contributed by atoms with Crippen molar-refractivity contribution in [1.82, 2.24) is 10.6 Å². The molecule has 172 valence electrons. The van der Waals surface area contributed by atoms with Gasteiger partial charge in [0.05, 0.1) is 11.9 Å². The fourth-order valence-corrected chi connectivity index (χ4v) is 3.83. The Bertz CT molecular complexity index is 735. The first kappa shape index (κ1) is 25.2. The lowest BCUT2D eigenvalue weighted by molar-refractivity contribution is -0.148. The van der Waals surface area contributed by atoms with E-state index >= 15 is 0 Å². The minimum atomic E-state index is -1.21. The summed E-state index contributed by atoms with van der Waals surface area (Å²) in [5.74, 6) is -1.12. The second kappa shape index (κ2) is 12.1. The predicted octanol–water partition coefficient (Wildman–Crippen LogP) is 2.29. The molecule has 1 aliphatic rings. The highest BCUT2D eigenvalue weighted by Crippen LogP contribution is 2.23. The first-order chi connectivity index (χ1) is 14.7. The Morgan fingerprint density at radius 2 is 1.84 bits per heavy atom. The Kier molecular flexibility index (Phi) is 9.84. The van der Waals surface area contributed by atoms with Gasteiger partial charge in [-0.1, -0.05) is 30.3 Å². The summed E-state index contributed by atoms with van der Waals surface area (Å²) in [6.45, 7) is 6.40. The van der Waals surface area contributed by atoms with Crippen LogP contribution in [-0.2, 0) is 30.3 Å². The number of hydrogen-bond donors (Lipinski definition) is 3. The summed E-state index contributed by atoms with van der Waals surface area (Å²) in [6, 6.07) is 8.92. The standard InChI is InChI=1S/C23H34N2O5S/c1-4-30-21(27)18(11-10-16-8-6-5-7-9-16)24-22(28)23(2,3)25-20(26)19(31)17-12-14-29-15-13-17/h5-9,17-19,31H,4,10-15H2,1-3H3,(H,24,28)(H,25,26). The van der Waals surface area contributed by atoms with Crippen molar-refractivity contribution >= 4 is 30.4 Å². The van der Waals surface area contributed by atoms with Gasteiger partial charge in [-0.3, -0.25) is 9.59 Å². The Morgan fingerprint density at radius 3 is 2.45 bits per heavy atom. The lowest BCUT2D eigenvalue weighted by atomic mass is 9.94. The fourth-order valence-electron chi connectivity index (χ4n) is 3.47. The predicted molar refractivity (Wildman–Crippen MR) is 122 cm³/mol. The second-order valence-electron chi connectivity index (χ2n) is 8.31. The molecule has 2 N–H and O–H groups in total. The van der Waals surface area contributed by atoms with Crippen LogP contribution in [0.25, 0.3) is 0 Å². The zero-order chi connectivity index (χ0) is 22.9. The van der Waals surface area contributed by atoms with Crippen molar-refractivity contribution in [2.24, 2.45) is 5.92 Å². The molecule has 2 amide bonds. The molecule has 31 heavy (non-hydrogen) atoms. The van der Waals surface area contributed by atoms with E-state index in [-0.39, 0.29) is 18.4 Å². The number of carbonyl (C=O) groups is 3. The molecule has 0 aromatic heterocycles. The number of benzene rings is 1. The molecule has 1 saturated heterocycles. The highest BCUT2D eigenvalue weighted by molar-refractivity contribution is 7.81. The normalized spacial score (nSPS) is 16.8. The number of carbonyl (C=O) groups excluding carboxylic acids is 3. The van der Waals surface area contributed by atoms with Crippen molar-refractivity contribution in [3.63, 3.8) is 0 Å². The maximum absolute atomic E-state index is 13.0. The summed E-state index contributed by atoms with van der Waals surface area (Å²) >= 11 is 4.48. The monoisotopic (exact) mass is 450 g/mol. The molecule has 1 aromatic rings. The molecule has 0 saturated carbocycles. The van der Waals surface area contributed by atoms with Gasteiger partial charge in [0, 0.05) is 13.2 Å². The maximum atomic E-state index is 13.0. The van der Waals surface area contributed by atoms with E-state index in [1.165, 1.54) is 0 Å². The van der Waals surface area contributed by atoms with E-state index in [9.17, 15) is 14.4 Å². The Balaban J connectivity index is 1.98. The van der Waals surface area contributed by atoms with E-state index < -0.39 is 28.7 Å². The highest BCUT2D eigenvalue weighted by Gasteiger charge is 2.36. The van der Waals surface area contributed by atoms with Crippen LogP contribution < -0.4 is 10.6 Å². The number of rotatable bonds is 10. The van der Waals surface area contributed by atoms with Crippen LogP contribution in [0.15, 0.2) is 30.3 Å². The minimum absolute atomic E-state index is 0.106. The zero-order valence-electron chi connectivity index (χ0n) is 18.6. The summed E-state index contributed by atoms with van der Waals surface area (Å²) in [5.41, 5.74) is -0.145. The van der Waals surface area contributed by atoms with Crippen LogP contribution in [0.3, 0.4) is 0 Å². The van der Waals surface area contributed by atoms with Gasteiger partial charge in [-0.2, -0.15) is 12.6 Å². The van der Waals surface area contributed by atoms with Crippen molar-refractivity contribution in [3.05, 3.63) is 35.9 Å². The molecule has 8 heteroatoms. The number of amides is 2. The number of ether oxygens (including phenoxy) is 2. The quantitative estimate of drug-likeness (QED) is 0.376. The lowest BCUT2D eigenvalue weighted by Gasteiger charge is -2.31. The first-order valence-electron chi connectivity index (χ1n) is 10.8. The van der Waals surface area contributed by atoms with Crippen molar-refractivity contribution in [1.29, 1.82) is 0 Å². The van der Waals surface area contributed by atoms with E-state index in [4.69, 9.17) is 9.47 Å². The number of hydrogen-bond acceptors (Lipinski definition) is 6. The molecule has 0 aliphatic carbocycles. The molecular weight excluding hydrogens is 416 g/mol. The third kappa shape index (κ3) is 7.85. The fraction of sp³-hybridized carbons (Fsp3) is 0.609. The SMILES string of the molecule is CCOC(=O)C(CCc1ccccc1)NC(=O)C(C)(C)NC(=O)C(S)C1CCOCC1.